The predicted octanol–water partition coefficient (Wildman–Crippen LogP) is 5.23. The van der Waals surface area contributed by atoms with Crippen LogP contribution in [0.3, 0.4) is 0 Å². The van der Waals surface area contributed by atoms with E-state index in [-0.39, 0.29) is 15.9 Å². The molecule has 0 saturated heterocycles. The molecule has 1 unspecified atom stereocenters. The fraction of sp³-hybridized carbons (Fsp3) is 1.00. The van der Waals surface area contributed by atoms with Gasteiger partial charge in [0.05, 0.1) is 0 Å². The minimum atomic E-state index is -5.41. The van der Waals surface area contributed by atoms with Gasteiger partial charge in [0, 0.05) is 21.5 Å². The van der Waals surface area contributed by atoms with Crippen LogP contribution in [0.2, 0.25) is 17.6 Å². The highest BCUT2D eigenvalue weighted by molar-refractivity contribution is 6.60. The van der Waals surface area contributed by atoms with E-state index in [0.29, 0.717) is 19.3 Å². The normalized spacial score (nSPS) is 14.7. The lowest BCUT2D eigenvalue weighted by Crippen LogP contribution is -2.21. The molecular weight excluding hydrogens is 295 g/mol. The summed E-state index contributed by atoms with van der Waals surface area (Å²) in [7, 11) is -5.63. The lowest BCUT2D eigenvalue weighted by atomic mass is 10.2. The van der Waals surface area contributed by atoms with Gasteiger partial charge in [-0.3, -0.25) is 0 Å². The van der Waals surface area contributed by atoms with Gasteiger partial charge in [-0.25, -0.2) is 21.1 Å². The maximum absolute atomic E-state index is 12.4. The summed E-state index contributed by atoms with van der Waals surface area (Å²) in [4.78, 5) is 0. The number of unbranched alkanes of at least 4 members (excludes halogenated alkanes) is 3. The Bertz CT molecular complexity index is 209. The standard InChI is InChI=1S/C12H25F5Si2/c1-11(19(15,16)17)7-6-10-18-9-5-3-2-4-8-12(13)14/h11-12H,2-10,18H2,1H3. The van der Waals surface area contributed by atoms with E-state index in [2.05, 4.69) is 0 Å². The summed E-state index contributed by atoms with van der Waals surface area (Å²) in [5.74, 6) is 0. The average Bonchev–Trinajstić information content (AvgIpc) is 2.29. The Morgan fingerprint density at radius 1 is 0.842 bits per heavy atom. The summed E-state index contributed by atoms with van der Waals surface area (Å²) >= 11 is 0. The molecule has 0 heterocycles. The lowest BCUT2D eigenvalue weighted by molar-refractivity contribution is 0.134. The van der Waals surface area contributed by atoms with E-state index in [9.17, 15) is 21.1 Å². The zero-order valence-corrected chi connectivity index (χ0v) is 14.0. The van der Waals surface area contributed by atoms with E-state index >= 15 is 0 Å². The van der Waals surface area contributed by atoms with Gasteiger partial charge in [-0.1, -0.05) is 44.7 Å². The SMILES string of the molecule is CC(CCC[SiH2]CCCCCCC(F)F)[Si](F)(F)F. The second-order valence-corrected chi connectivity index (χ2v) is 9.43. The van der Waals surface area contributed by atoms with Crippen LogP contribution in [0.25, 0.3) is 0 Å². The maximum Gasteiger partial charge on any atom is 0.619 e. The van der Waals surface area contributed by atoms with Gasteiger partial charge in [0.25, 0.3) is 0 Å². The van der Waals surface area contributed by atoms with Gasteiger partial charge in [-0.15, -0.1) is 0 Å². The maximum atomic E-state index is 12.4. The Labute approximate surface area is 116 Å². The lowest BCUT2D eigenvalue weighted by Gasteiger charge is -2.11. The minimum absolute atomic E-state index is 0.00333. The van der Waals surface area contributed by atoms with E-state index in [0.717, 1.165) is 31.4 Å². The molecule has 116 valence electrons. The van der Waals surface area contributed by atoms with Crippen molar-refractivity contribution in [1.29, 1.82) is 0 Å². The first-order valence-corrected chi connectivity index (χ1v) is 10.9. The Hall–Kier alpha value is 0.0838. The van der Waals surface area contributed by atoms with Crippen LogP contribution >= 0.6 is 0 Å². The van der Waals surface area contributed by atoms with Gasteiger partial charge < -0.3 is 0 Å². The molecule has 0 N–H and O–H groups in total. The van der Waals surface area contributed by atoms with Crippen molar-refractivity contribution in [2.75, 3.05) is 0 Å². The van der Waals surface area contributed by atoms with Crippen LogP contribution in [0.1, 0.15) is 51.9 Å². The molecule has 0 nitrogen and oxygen atoms in total. The minimum Gasteiger partial charge on any atom is -0.237 e. The molecule has 0 fully saturated rings. The number of alkyl halides is 2. The van der Waals surface area contributed by atoms with Crippen molar-refractivity contribution >= 4 is 18.6 Å². The molecule has 19 heavy (non-hydrogen) atoms. The Morgan fingerprint density at radius 3 is 2.00 bits per heavy atom. The molecule has 0 saturated carbocycles. The molecule has 0 aromatic rings. The number of rotatable bonds is 12. The molecule has 0 spiro atoms. The third kappa shape index (κ3) is 12.8. The van der Waals surface area contributed by atoms with Gasteiger partial charge in [0.15, 0.2) is 0 Å². The summed E-state index contributed by atoms with van der Waals surface area (Å²) in [6.07, 6.45) is 2.33. The number of hydrogen-bond acceptors (Lipinski definition) is 0. The third-order valence-corrected chi connectivity index (χ3v) is 6.77. The summed E-state index contributed by atoms with van der Waals surface area (Å²) in [5, 5.41) is 0. The summed E-state index contributed by atoms with van der Waals surface area (Å²) in [6.45, 7) is 1.30. The highest BCUT2D eigenvalue weighted by atomic mass is 28.5. The molecular formula is C12H25F5Si2. The molecule has 0 aromatic heterocycles. The van der Waals surface area contributed by atoms with Crippen molar-refractivity contribution in [3.63, 3.8) is 0 Å². The van der Waals surface area contributed by atoms with Crippen molar-refractivity contribution in [3.8, 4) is 0 Å². The first-order chi connectivity index (χ1) is 8.84. The fourth-order valence-electron chi connectivity index (χ4n) is 1.97. The zero-order valence-electron chi connectivity index (χ0n) is 11.6. The molecule has 0 aliphatic carbocycles. The molecule has 0 amide bonds. The van der Waals surface area contributed by atoms with Gasteiger partial charge in [-0.05, 0) is 12.8 Å². The van der Waals surface area contributed by atoms with Gasteiger partial charge in [0.1, 0.15) is 0 Å². The van der Waals surface area contributed by atoms with Crippen molar-refractivity contribution in [2.24, 2.45) is 0 Å². The molecule has 0 rings (SSSR count). The second kappa shape index (κ2) is 10.8. The summed E-state index contributed by atoms with van der Waals surface area (Å²) in [5.41, 5.74) is -1.05. The van der Waals surface area contributed by atoms with Crippen LogP contribution < -0.4 is 0 Å². The second-order valence-electron chi connectivity index (χ2n) is 5.24. The van der Waals surface area contributed by atoms with Crippen LogP contribution in [0, 0.1) is 0 Å². The molecule has 0 aliphatic rings. The van der Waals surface area contributed by atoms with E-state index < -0.39 is 21.0 Å². The first kappa shape index (κ1) is 19.1. The van der Waals surface area contributed by atoms with E-state index in [1.165, 1.54) is 6.92 Å². The number of halogens is 5. The zero-order chi connectivity index (χ0) is 14.7. The Kier molecular flexibility index (Phi) is 10.9. The van der Waals surface area contributed by atoms with E-state index in [1.807, 2.05) is 0 Å². The smallest absolute Gasteiger partial charge is 0.237 e. The molecule has 0 bridgehead atoms. The molecule has 0 aromatic carbocycles. The van der Waals surface area contributed by atoms with Crippen molar-refractivity contribution in [1.82, 2.24) is 0 Å². The largest absolute Gasteiger partial charge is 0.619 e. The fourth-order valence-corrected chi connectivity index (χ4v) is 4.21. The first-order valence-electron chi connectivity index (χ1n) is 7.19. The van der Waals surface area contributed by atoms with Crippen LogP contribution in [-0.2, 0) is 0 Å². The number of hydrogen-bond donors (Lipinski definition) is 0. The molecule has 7 heteroatoms. The van der Waals surface area contributed by atoms with Crippen LogP contribution in [0.15, 0.2) is 0 Å². The van der Waals surface area contributed by atoms with Crippen molar-refractivity contribution < 1.29 is 21.1 Å². The van der Waals surface area contributed by atoms with Crippen LogP contribution in [-0.4, -0.2) is 25.0 Å². The quantitative estimate of drug-likeness (QED) is 0.200. The highest BCUT2D eigenvalue weighted by Crippen LogP contribution is 2.30. The average molecular weight is 320 g/mol. The molecule has 1 atom stereocenters. The van der Waals surface area contributed by atoms with Crippen molar-refractivity contribution in [2.45, 2.75) is 75.9 Å². The van der Waals surface area contributed by atoms with Gasteiger partial charge >= 0.3 is 9.08 Å². The van der Waals surface area contributed by atoms with E-state index in [4.69, 9.17) is 0 Å². The summed E-state index contributed by atoms with van der Waals surface area (Å²) in [6, 6.07) is 2.14. The Balaban J connectivity index is 3.19. The third-order valence-electron chi connectivity index (χ3n) is 3.37. The van der Waals surface area contributed by atoms with Crippen LogP contribution in [0.5, 0.6) is 0 Å². The molecule has 0 radical (unpaired) electrons. The van der Waals surface area contributed by atoms with Crippen LogP contribution in [0.4, 0.5) is 21.1 Å². The predicted molar refractivity (Wildman–Crippen MR) is 75.0 cm³/mol. The molecule has 0 aliphatic heterocycles. The van der Waals surface area contributed by atoms with E-state index in [1.54, 1.807) is 0 Å². The van der Waals surface area contributed by atoms with Gasteiger partial charge in [0.2, 0.25) is 6.43 Å². The summed E-state index contributed by atoms with van der Waals surface area (Å²) < 4.78 is 60.7. The monoisotopic (exact) mass is 320 g/mol. The van der Waals surface area contributed by atoms with Crippen molar-refractivity contribution in [3.05, 3.63) is 0 Å². The Morgan fingerprint density at radius 2 is 1.42 bits per heavy atom. The van der Waals surface area contributed by atoms with Gasteiger partial charge in [-0.2, -0.15) is 0 Å². The topological polar surface area (TPSA) is 0 Å². The highest BCUT2D eigenvalue weighted by Gasteiger charge is 2.43.